The van der Waals surface area contributed by atoms with Gasteiger partial charge in [0.05, 0.1) is 6.61 Å². The van der Waals surface area contributed by atoms with Gasteiger partial charge < -0.3 is 10.5 Å². The first-order valence-electron chi connectivity index (χ1n) is 6.66. The summed E-state index contributed by atoms with van der Waals surface area (Å²) >= 11 is 0. The Bertz CT molecular complexity index is 762. The van der Waals surface area contributed by atoms with Crippen molar-refractivity contribution in [3.8, 4) is 17.0 Å². The summed E-state index contributed by atoms with van der Waals surface area (Å²) in [6, 6.07) is 11.9. The molecule has 4 nitrogen and oxygen atoms in total. The number of hydrogen-bond donors (Lipinski definition) is 1. The lowest BCUT2D eigenvalue weighted by atomic mass is 10.1. The highest BCUT2D eigenvalue weighted by molar-refractivity contribution is 5.75. The number of aromatic nitrogens is 2. The van der Waals surface area contributed by atoms with E-state index < -0.39 is 0 Å². The zero-order valence-electron chi connectivity index (χ0n) is 11.6. The summed E-state index contributed by atoms with van der Waals surface area (Å²) in [6.45, 7) is 4.65. The first-order chi connectivity index (χ1) is 9.69. The zero-order chi connectivity index (χ0) is 14.1. The number of imidazole rings is 1. The minimum absolute atomic E-state index is 0.642. The Morgan fingerprint density at radius 2 is 2.10 bits per heavy atom. The van der Waals surface area contributed by atoms with Gasteiger partial charge in [-0.3, -0.25) is 4.40 Å². The smallest absolute Gasteiger partial charge is 0.139 e. The average molecular weight is 267 g/mol. The normalized spacial score (nSPS) is 10.9. The number of aryl methyl sites for hydroxylation is 1. The van der Waals surface area contributed by atoms with Crippen LogP contribution in [0, 0.1) is 6.92 Å². The molecule has 3 aromatic rings. The molecule has 4 heteroatoms. The fourth-order valence-electron chi connectivity index (χ4n) is 2.28. The van der Waals surface area contributed by atoms with Crippen LogP contribution in [0.4, 0.5) is 5.82 Å². The topological polar surface area (TPSA) is 52.5 Å². The molecule has 0 bridgehead atoms. The van der Waals surface area contributed by atoms with E-state index in [0.29, 0.717) is 12.4 Å². The molecule has 0 saturated heterocycles. The van der Waals surface area contributed by atoms with Gasteiger partial charge in [-0.2, -0.15) is 0 Å². The molecular weight excluding hydrogens is 250 g/mol. The lowest BCUT2D eigenvalue weighted by Gasteiger charge is -2.05. The van der Waals surface area contributed by atoms with Crippen LogP contribution in [0.25, 0.3) is 16.9 Å². The first-order valence-corrected chi connectivity index (χ1v) is 6.66. The second kappa shape index (κ2) is 4.89. The molecule has 0 radical (unpaired) electrons. The largest absolute Gasteiger partial charge is 0.494 e. The first kappa shape index (κ1) is 12.5. The SMILES string of the molecule is CCOc1cccc(-c2nc3ccc(C)cn3c2N)c1. The lowest BCUT2D eigenvalue weighted by Crippen LogP contribution is -1.95. The summed E-state index contributed by atoms with van der Waals surface area (Å²) in [6.07, 6.45) is 1.99. The van der Waals surface area contributed by atoms with E-state index in [9.17, 15) is 0 Å². The van der Waals surface area contributed by atoms with Crippen molar-refractivity contribution < 1.29 is 4.74 Å². The van der Waals surface area contributed by atoms with Crippen LogP contribution in [-0.2, 0) is 0 Å². The van der Waals surface area contributed by atoms with Gasteiger partial charge in [-0.25, -0.2) is 4.98 Å². The molecule has 0 spiro atoms. The number of nitrogen functional groups attached to an aromatic ring is 1. The van der Waals surface area contributed by atoms with Crippen molar-refractivity contribution in [2.45, 2.75) is 13.8 Å². The van der Waals surface area contributed by atoms with Crippen molar-refractivity contribution in [3.63, 3.8) is 0 Å². The maximum atomic E-state index is 6.22. The van der Waals surface area contributed by atoms with E-state index in [4.69, 9.17) is 10.5 Å². The minimum atomic E-state index is 0.642. The molecular formula is C16H17N3O. The molecule has 3 rings (SSSR count). The number of rotatable bonds is 3. The van der Waals surface area contributed by atoms with E-state index in [2.05, 4.69) is 4.98 Å². The molecule has 20 heavy (non-hydrogen) atoms. The standard InChI is InChI=1S/C16H17N3O/c1-3-20-13-6-4-5-12(9-13)15-16(17)19-10-11(2)7-8-14(19)18-15/h4-10H,3,17H2,1-2H3. The second-order valence-corrected chi connectivity index (χ2v) is 4.74. The molecule has 0 amide bonds. The maximum absolute atomic E-state index is 6.22. The van der Waals surface area contributed by atoms with Crippen LogP contribution in [0.5, 0.6) is 5.75 Å². The van der Waals surface area contributed by atoms with Gasteiger partial charge in [0.1, 0.15) is 22.9 Å². The fraction of sp³-hybridized carbons (Fsp3) is 0.188. The highest BCUT2D eigenvalue weighted by atomic mass is 16.5. The Hall–Kier alpha value is -2.49. The van der Waals surface area contributed by atoms with E-state index in [0.717, 1.165) is 28.2 Å². The van der Waals surface area contributed by atoms with Crippen LogP contribution in [0.2, 0.25) is 0 Å². The summed E-state index contributed by atoms with van der Waals surface area (Å²) in [5, 5.41) is 0. The Labute approximate surface area is 117 Å². The summed E-state index contributed by atoms with van der Waals surface area (Å²) in [4.78, 5) is 4.61. The van der Waals surface area contributed by atoms with Gasteiger partial charge in [-0.05, 0) is 37.6 Å². The Morgan fingerprint density at radius 1 is 1.25 bits per heavy atom. The molecule has 0 fully saturated rings. The molecule has 0 aliphatic carbocycles. The molecule has 0 atom stereocenters. The summed E-state index contributed by atoms with van der Waals surface area (Å²) < 4.78 is 7.44. The minimum Gasteiger partial charge on any atom is -0.494 e. The predicted octanol–water partition coefficient (Wildman–Crippen LogP) is 3.29. The highest BCUT2D eigenvalue weighted by Crippen LogP contribution is 2.29. The number of fused-ring (bicyclic) bond motifs is 1. The van der Waals surface area contributed by atoms with Crippen molar-refractivity contribution >= 4 is 11.5 Å². The number of nitrogens with zero attached hydrogens (tertiary/aromatic N) is 2. The molecule has 2 aromatic heterocycles. The van der Waals surface area contributed by atoms with Gasteiger partial charge in [0.15, 0.2) is 0 Å². The van der Waals surface area contributed by atoms with Gasteiger partial charge in [0.25, 0.3) is 0 Å². The number of nitrogens with two attached hydrogens (primary N) is 1. The monoisotopic (exact) mass is 267 g/mol. The van der Waals surface area contributed by atoms with Gasteiger partial charge in [0.2, 0.25) is 0 Å². The molecule has 2 heterocycles. The van der Waals surface area contributed by atoms with E-state index in [1.807, 2.05) is 60.8 Å². The third kappa shape index (κ3) is 2.09. The highest BCUT2D eigenvalue weighted by Gasteiger charge is 2.11. The number of benzene rings is 1. The van der Waals surface area contributed by atoms with Gasteiger partial charge in [0, 0.05) is 11.8 Å². The molecule has 0 saturated carbocycles. The van der Waals surface area contributed by atoms with E-state index in [1.54, 1.807) is 0 Å². The van der Waals surface area contributed by atoms with Crippen molar-refractivity contribution in [2.24, 2.45) is 0 Å². The Morgan fingerprint density at radius 3 is 2.90 bits per heavy atom. The molecule has 2 N–H and O–H groups in total. The van der Waals surface area contributed by atoms with Gasteiger partial charge in [-0.1, -0.05) is 18.2 Å². The van der Waals surface area contributed by atoms with Crippen molar-refractivity contribution in [2.75, 3.05) is 12.3 Å². The van der Waals surface area contributed by atoms with Crippen LogP contribution in [0.1, 0.15) is 12.5 Å². The van der Waals surface area contributed by atoms with Gasteiger partial charge in [-0.15, -0.1) is 0 Å². The van der Waals surface area contributed by atoms with E-state index in [1.165, 1.54) is 0 Å². The lowest BCUT2D eigenvalue weighted by molar-refractivity contribution is 0.340. The quantitative estimate of drug-likeness (QED) is 0.792. The number of ether oxygens (including phenoxy) is 1. The fourth-order valence-corrected chi connectivity index (χ4v) is 2.28. The molecule has 102 valence electrons. The number of anilines is 1. The van der Waals surface area contributed by atoms with Gasteiger partial charge >= 0.3 is 0 Å². The van der Waals surface area contributed by atoms with Crippen molar-refractivity contribution in [1.82, 2.24) is 9.38 Å². The average Bonchev–Trinajstić information content (AvgIpc) is 2.77. The summed E-state index contributed by atoms with van der Waals surface area (Å²) in [5.41, 5.74) is 9.98. The van der Waals surface area contributed by atoms with Crippen molar-refractivity contribution in [1.29, 1.82) is 0 Å². The van der Waals surface area contributed by atoms with Crippen LogP contribution >= 0.6 is 0 Å². The van der Waals surface area contributed by atoms with Crippen LogP contribution in [0.15, 0.2) is 42.6 Å². The molecule has 0 unspecified atom stereocenters. The van der Waals surface area contributed by atoms with Crippen LogP contribution in [-0.4, -0.2) is 16.0 Å². The molecule has 0 aliphatic heterocycles. The molecule has 1 aromatic carbocycles. The number of hydrogen-bond acceptors (Lipinski definition) is 3. The second-order valence-electron chi connectivity index (χ2n) is 4.74. The maximum Gasteiger partial charge on any atom is 0.139 e. The predicted molar refractivity (Wildman–Crippen MR) is 80.9 cm³/mol. The van der Waals surface area contributed by atoms with Crippen LogP contribution < -0.4 is 10.5 Å². The van der Waals surface area contributed by atoms with E-state index >= 15 is 0 Å². The third-order valence-corrected chi connectivity index (χ3v) is 3.22. The Balaban J connectivity index is 2.14. The molecule has 0 aliphatic rings. The van der Waals surface area contributed by atoms with Crippen LogP contribution in [0.3, 0.4) is 0 Å². The third-order valence-electron chi connectivity index (χ3n) is 3.22. The Kier molecular flexibility index (Phi) is 3.06. The van der Waals surface area contributed by atoms with Crippen molar-refractivity contribution in [3.05, 3.63) is 48.2 Å². The summed E-state index contributed by atoms with van der Waals surface area (Å²) in [7, 11) is 0. The number of pyridine rings is 1. The zero-order valence-corrected chi connectivity index (χ0v) is 11.6. The summed E-state index contributed by atoms with van der Waals surface area (Å²) in [5.74, 6) is 1.48. The van der Waals surface area contributed by atoms with E-state index in [-0.39, 0.29) is 0 Å².